The average molecular weight is 457 g/mol. The van der Waals surface area contributed by atoms with Crippen LogP contribution in [0.1, 0.15) is 41.8 Å². The van der Waals surface area contributed by atoms with Crippen molar-refractivity contribution in [1.82, 2.24) is 15.1 Å². The maximum Gasteiger partial charge on any atom is 0.291 e. The summed E-state index contributed by atoms with van der Waals surface area (Å²) in [6.45, 7) is 0.0493. The molecule has 0 saturated heterocycles. The highest BCUT2D eigenvalue weighted by molar-refractivity contribution is 7.90. The Morgan fingerprint density at radius 3 is 2.62 bits per heavy atom. The molecule has 0 unspecified atom stereocenters. The first-order valence-electron chi connectivity index (χ1n) is 10.4. The maximum absolute atomic E-state index is 12.7. The monoisotopic (exact) mass is 456 g/mol. The van der Waals surface area contributed by atoms with E-state index in [1.807, 2.05) is 0 Å². The van der Waals surface area contributed by atoms with Crippen molar-refractivity contribution in [1.29, 1.82) is 0 Å². The summed E-state index contributed by atoms with van der Waals surface area (Å²) in [6, 6.07) is 9.71. The summed E-state index contributed by atoms with van der Waals surface area (Å²) in [6.07, 6.45) is 8.49. The summed E-state index contributed by atoms with van der Waals surface area (Å²) in [7, 11) is -3.63. The summed E-state index contributed by atoms with van der Waals surface area (Å²) < 4.78 is 32.0. The summed E-state index contributed by atoms with van der Waals surface area (Å²) in [5, 5.41) is 9.72. The van der Waals surface area contributed by atoms with E-state index in [4.69, 9.17) is 4.42 Å². The van der Waals surface area contributed by atoms with E-state index in [-0.39, 0.29) is 40.5 Å². The van der Waals surface area contributed by atoms with Gasteiger partial charge in [-0.15, -0.1) is 0 Å². The number of nitrogens with zero attached hydrogens (tertiary/aromatic N) is 2. The number of furan rings is 1. The molecule has 1 aromatic carbocycles. The lowest BCUT2D eigenvalue weighted by molar-refractivity contribution is -0.122. The Morgan fingerprint density at radius 1 is 1.12 bits per heavy atom. The van der Waals surface area contributed by atoms with Gasteiger partial charge in [0.25, 0.3) is 5.91 Å². The van der Waals surface area contributed by atoms with Crippen LogP contribution in [0.4, 0.5) is 5.69 Å². The lowest BCUT2D eigenvalue weighted by atomic mass is 10.2. The molecule has 4 rings (SSSR count). The molecule has 2 N–H and O–H groups in total. The summed E-state index contributed by atoms with van der Waals surface area (Å²) in [4.78, 5) is 25.0. The SMILES string of the molecule is O=C(Cn1cc(NC(=O)c2occc2CS(=O)(=O)c2ccccc2)cn1)NC1CCCC1. The molecule has 32 heavy (non-hydrogen) atoms. The van der Waals surface area contributed by atoms with Gasteiger partial charge in [0, 0.05) is 17.8 Å². The molecule has 2 aromatic heterocycles. The molecule has 1 aliphatic carbocycles. The number of nitrogens with one attached hydrogen (secondary N) is 2. The topological polar surface area (TPSA) is 123 Å². The predicted octanol–water partition coefficient (Wildman–Crippen LogP) is 2.76. The predicted molar refractivity (Wildman–Crippen MR) is 117 cm³/mol. The number of aromatic nitrogens is 2. The highest BCUT2D eigenvalue weighted by Crippen LogP contribution is 2.21. The van der Waals surface area contributed by atoms with Gasteiger partial charge in [-0.2, -0.15) is 5.10 Å². The van der Waals surface area contributed by atoms with Crippen LogP contribution in [-0.2, 0) is 26.9 Å². The molecule has 168 valence electrons. The highest BCUT2D eigenvalue weighted by atomic mass is 32.2. The first-order valence-corrected chi connectivity index (χ1v) is 12.0. The van der Waals surface area contributed by atoms with Crippen molar-refractivity contribution in [2.45, 2.75) is 48.9 Å². The van der Waals surface area contributed by atoms with Gasteiger partial charge in [-0.05, 0) is 31.0 Å². The molecule has 0 bridgehead atoms. The van der Waals surface area contributed by atoms with Gasteiger partial charge in [0.1, 0.15) is 6.54 Å². The minimum Gasteiger partial charge on any atom is -0.459 e. The van der Waals surface area contributed by atoms with Crippen LogP contribution < -0.4 is 10.6 Å². The van der Waals surface area contributed by atoms with Crippen LogP contribution >= 0.6 is 0 Å². The molecular weight excluding hydrogens is 432 g/mol. The number of hydrogen-bond donors (Lipinski definition) is 2. The third-order valence-corrected chi connectivity index (χ3v) is 7.00. The standard InChI is InChI=1S/C22H24N4O5S/c27-20(24-17-6-4-5-7-17)14-26-13-18(12-23-26)25-22(28)21-16(10-11-31-21)15-32(29,30)19-8-2-1-3-9-19/h1-3,8-13,17H,4-7,14-15H2,(H,24,27)(H,25,28). The fraction of sp³-hybridized carbons (Fsp3) is 0.318. The van der Waals surface area contributed by atoms with E-state index >= 15 is 0 Å². The van der Waals surface area contributed by atoms with Crippen LogP contribution in [0.25, 0.3) is 0 Å². The molecule has 1 saturated carbocycles. The van der Waals surface area contributed by atoms with E-state index in [2.05, 4.69) is 15.7 Å². The maximum atomic E-state index is 12.7. The fourth-order valence-electron chi connectivity index (χ4n) is 3.76. The van der Waals surface area contributed by atoms with Crippen LogP contribution in [0.5, 0.6) is 0 Å². The largest absolute Gasteiger partial charge is 0.459 e. The number of hydrogen-bond acceptors (Lipinski definition) is 6. The van der Waals surface area contributed by atoms with Gasteiger partial charge in [-0.1, -0.05) is 31.0 Å². The van der Waals surface area contributed by atoms with Crippen molar-refractivity contribution in [3.8, 4) is 0 Å². The molecule has 1 fully saturated rings. The molecule has 9 nitrogen and oxygen atoms in total. The molecule has 0 aliphatic heterocycles. The van der Waals surface area contributed by atoms with Crippen LogP contribution in [0.15, 0.2) is 64.4 Å². The van der Waals surface area contributed by atoms with Crippen LogP contribution in [0, 0.1) is 0 Å². The summed E-state index contributed by atoms with van der Waals surface area (Å²) >= 11 is 0. The van der Waals surface area contributed by atoms with E-state index in [9.17, 15) is 18.0 Å². The number of carbonyl (C=O) groups is 2. The molecule has 0 atom stereocenters. The van der Waals surface area contributed by atoms with Gasteiger partial charge in [0.05, 0.1) is 28.8 Å². The zero-order valence-electron chi connectivity index (χ0n) is 17.4. The van der Waals surface area contributed by atoms with Gasteiger partial charge in [0.15, 0.2) is 15.6 Å². The molecule has 3 aromatic rings. The van der Waals surface area contributed by atoms with E-state index in [0.717, 1.165) is 25.7 Å². The van der Waals surface area contributed by atoms with E-state index in [0.29, 0.717) is 5.69 Å². The van der Waals surface area contributed by atoms with Gasteiger partial charge >= 0.3 is 0 Å². The number of rotatable bonds is 8. The van der Waals surface area contributed by atoms with E-state index in [1.165, 1.54) is 41.5 Å². The molecule has 1 aliphatic rings. The Morgan fingerprint density at radius 2 is 1.88 bits per heavy atom. The van der Waals surface area contributed by atoms with Crippen LogP contribution in [-0.4, -0.2) is 36.1 Å². The molecule has 0 radical (unpaired) electrons. The van der Waals surface area contributed by atoms with Crippen molar-refractivity contribution in [3.63, 3.8) is 0 Å². The summed E-state index contributed by atoms with van der Waals surface area (Å²) in [5.41, 5.74) is 0.631. The van der Waals surface area contributed by atoms with Crippen molar-refractivity contribution in [3.05, 3.63) is 66.4 Å². The minimum absolute atomic E-state index is 0.0493. The molecule has 2 amide bonds. The van der Waals surface area contributed by atoms with Gasteiger partial charge in [0.2, 0.25) is 5.91 Å². The molecule has 0 spiro atoms. The van der Waals surface area contributed by atoms with Crippen molar-refractivity contribution in [2.24, 2.45) is 0 Å². The Bertz CT molecular complexity index is 1190. The van der Waals surface area contributed by atoms with Crippen LogP contribution in [0.3, 0.4) is 0 Å². The zero-order chi connectivity index (χ0) is 22.6. The first kappa shape index (κ1) is 21.8. The molecule has 2 heterocycles. The normalized spacial score (nSPS) is 14.4. The molecular formula is C22H24N4O5S. The van der Waals surface area contributed by atoms with Crippen molar-refractivity contribution < 1.29 is 22.4 Å². The van der Waals surface area contributed by atoms with E-state index in [1.54, 1.807) is 18.2 Å². The Hall–Kier alpha value is -3.40. The molecule has 10 heteroatoms. The second-order valence-electron chi connectivity index (χ2n) is 7.78. The number of anilines is 1. The van der Waals surface area contributed by atoms with Crippen molar-refractivity contribution >= 4 is 27.3 Å². The third-order valence-electron chi connectivity index (χ3n) is 5.32. The second kappa shape index (κ2) is 9.39. The van der Waals surface area contributed by atoms with Gasteiger partial charge < -0.3 is 15.1 Å². The third kappa shape index (κ3) is 5.25. The first-order chi connectivity index (χ1) is 15.4. The minimum atomic E-state index is -3.63. The van der Waals surface area contributed by atoms with Gasteiger partial charge in [-0.3, -0.25) is 14.3 Å². The Labute approximate surface area is 185 Å². The number of benzene rings is 1. The Kier molecular flexibility index (Phi) is 6.40. The number of sulfone groups is 1. The highest BCUT2D eigenvalue weighted by Gasteiger charge is 2.23. The van der Waals surface area contributed by atoms with Crippen molar-refractivity contribution in [2.75, 3.05) is 5.32 Å². The lowest BCUT2D eigenvalue weighted by Crippen LogP contribution is -2.35. The number of carbonyl (C=O) groups excluding carboxylic acids is 2. The van der Waals surface area contributed by atoms with Gasteiger partial charge in [-0.25, -0.2) is 8.42 Å². The Balaban J connectivity index is 1.38. The van der Waals surface area contributed by atoms with E-state index < -0.39 is 15.7 Å². The number of amides is 2. The lowest BCUT2D eigenvalue weighted by Gasteiger charge is -2.11. The zero-order valence-corrected chi connectivity index (χ0v) is 18.2. The quantitative estimate of drug-likeness (QED) is 0.537. The smallest absolute Gasteiger partial charge is 0.291 e. The fourth-order valence-corrected chi connectivity index (χ4v) is 5.13. The second-order valence-corrected chi connectivity index (χ2v) is 9.77. The average Bonchev–Trinajstić information content (AvgIpc) is 3.52. The van der Waals surface area contributed by atoms with Crippen LogP contribution in [0.2, 0.25) is 0 Å². The summed E-state index contributed by atoms with van der Waals surface area (Å²) in [5.74, 6) is -1.17.